The highest BCUT2D eigenvalue weighted by atomic mass is 16.8. The Bertz CT molecular complexity index is 1770. The highest BCUT2D eigenvalue weighted by Gasteiger charge is 2.45. The number of methoxy groups -OCH3 is 2. The quantitative estimate of drug-likeness (QED) is 0.0375. The highest BCUT2D eigenvalue weighted by molar-refractivity contribution is 6.14. The van der Waals surface area contributed by atoms with Crippen LogP contribution in [-0.4, -0.2) is 121 Å². The molecule has 1 saturated heterocycles. The summed E-state index contributed by atoms with van der Waals surface area (Å²) in [6.45, 7) is 0.411. The molecule has 0 radical (unpaired) electrons. The second-order valence-electron chi connectivity index (χ2n) is 11.0. The molecule has 3 atom stereocenters. The number of ether oxygens (including phenoxy) is 2. The average Bonchev–Trinajstić information content (AvgIpc) is 3.14. The second kappa shape index (κ2) is 17.8. The van der Waals surface area contributed by atoms with E-state index in [0.717, 1.165) is 24.0 Å². The predicted molar refractivity (Wildman–Crippen MR) is 182 cm³/mol. The smallest absolute Gasteiger partial charge is 0.480 e. The maximum Gasteiger partial charge on any atom is 0.533 e. The Morgan fingerprint density at radius 1 is 0.906 bits per heavy atom. The molecular formula is C31H38N10O12. The fourth-order valence-electron chi connectivity index (χ4n) is 5.12. The van der Waals surface area contributed by atoms with Crippen LogP contribution < -0.4 is 32.6 Å². The lowest BCUT2D eigenvalue weighted by molar-refractivity contribution is -0.156. The van der Waals surface area contributed by atoms with Crippen molar-refractivity contribution in [1.29, 1.82) is 10.8 Å². The number of carbonyl (C=O) groups is 7. The van der Waals surface area contributed by atoms with E-state index in [9.17, 15) is 38.7 Å². The number of carbonyl (C=O) groups excluding carboxylic acids is 6. The number of carboxylic acid groups (broad SMARTS) is 1. The molecule has 0 spiro atoms. The number of piperazine rings is 1. The van der Waals surface area contributed by atoms with Crippen LogP contribution in [0, 0.1) is 10.8 Å². The summed E-state index contributed by atoms with van der Waals surface area (Å²) in [4.78, 5) is 101. The van der Waals surface area contributed by atoms with Crippen LogP contribution in [0.4, 0.5) is 21.0 Å². The van der Waals surface area contributed by atoms with Gasteiger partial charge in [0.1, 0.15) is 18.6 Å². The molecule has 10 N–H and O–H groups in total. The zero-order valence-electron chi connectivity index (χ0n) is 28.6. The zero-order valence-corrected chi connectivity index (χ0v) is 28.6. The van der Waals surface area contributed by atoms with Crippen LogP contribution in [0.5, 0.6) is 0 Å². The van der Waals surface area contributed by atoms with Gasteiger partial charge in [-0.3, -0.25) is 44.5 Å². The van der Waals surface area contributed by atoms with E-state index in [2.05, 4.69) is 14.8 Å². The molecule has 53 heavy (non-hydrogen) atoms. The molecule has 1 aliphatic heterocycles. The van der Waals surface area contributed by atoms with Crippen molar-refractivity contribution >= 4 is 65.1 Å². The van der Waals surface area contributed by atoms with Crippen molar-refractivity contribution in [3.63, 3.8) is 0 Å². The number of carboxylic acids is 1. The van der Waals surface area contributed by atoms with E-state index in [4.69, 9.17) is 37.7 Å². The fraction of sp³-hybridized carbons (Fsp3) is 0.323. The van der Waals surface area contributed by atoms with Crippen molar-refractivity contribution < 1.29 is 57.8 Å². The first-order valence-corrected chi connectivity index (χ1v) is 15.5. The van der Waals surface area contributed by atoms with Crippen molar-refractivity contribution in [3.8, 4) is 0 Å². The molecule has 2 aromatic carbocycles. The molecule has 2 aromatic rings. The van der Waals surface area contributed by atoms with Gasteiger partial charge < -0.3 is 46.9 Å². The minimum atomic E-state index is -1.87. The molecule has 0 aliphatic carbocycles. The Hall–Kier alpha value is -6.97. The van der Waals surface area contributed by atoms with Crippen molar-refractivity contribution in [3.05, 3.63) is 59.7 Å². The molecular weight excluding hydrogens is 704 g/mol. The van der Waals surface area contributed by atoms with Gasteiger partial charge in [-0.1, -0.05) is 13.0 Å². The third-order valence-electron chi connectivity index (χ3n) is 7.64. The number of anilines is 2. The number of hydrogen-bond donors (Lipinski definition) is 7. The normalized spacial score (nSPS) is 14.9. The molecule has 1 aliphatic rings. The number of benzene rings is 2. The van der Waals surface area contributed by atoms with Crippen LogP contribution in [0.15, 0.2) is 48.5 Å². The van der Waals surface area contributed by atoms with Gasteiger partial charge in [-0.2, -0.15) is 0 Å². The maximum atomic E-state index is 13.9. The summed E-state index contributed by atoms with van der Waals surface area (Å²) >= 11 is 0. The Balaban J connectivity index is 1.91. The van der Waals surface area contributed by atoms with Crippen LogP contribution in [0.3, 0.4) is 0 Å². The molecule has 3 amide bonds. The highest BCUT2D eigenvalue weighted by Crippen LogP contribution is 2.22. The number of nitrogens with one attached hydrogen (secondary N) is 3. The molecule has 1 fully saturated rings. The number of rotatable bonds is 11. The van der Waals surface area contributed by atoms with Crippen LogP contribution in [-0.2, 0) is 33.5 Å². The van der Waals surface area contributed by atoms with Crippen molar-refractivity contribution in [2.24, 2.45) is 17.2 Å². The number of guanidine groups is 2. The van der Waals surface area contributed by atoms with Crippen LogP contribution in [0.2, 0.25) is 0 Å². The minimum Gasteiger partial charge on any atom is -0.480 e. The molecule has 0 bridgehead atoms. The van der Waals surface area contributed by atoms with Crippen molar-refractivity contribution in [1.82, 2.24) is 15.1 Å². The summed E-state index contributed by atoms with van der Waals surface area (Å²) in [6, 6.07) is 5.76. The lowest BCUT2D eigenvalue weighted by Crippen LogP contribution is -2.68. The summed E-state index contributed by atoms with van der Waals surface area (Å²) in [5.74, 6) is -6.26. The van der Waals surface area contributed by atoms with Gasteiger partial charge in [0.25, 0.3) is 5.91 Å². The van der Waals surface area contributed by atoms with E-state index in [1.54, 1.807) is 6.92 Å². The number of nitrogens with two attached hydrogens (primary N) is 3. The summed E-state index contributed by atoms with van der Waals surface area (Å²) in [6.07, 6.45) is -2.35. The van der Waals surface area contributed by atoms with Gasteiger partial charge in [0.05, 0.1) is 31.6 Å². The van der Waals surface area contributed by atoms with Gasteiger partial charge in [0.2, 0.25) is 23.7 Å². The van der Waals surface area contributed by atoms with Gasteiger partial charge >= 0.3 is 18.3 Å². The fourth-order valence-corrected chi connectivity index (χ4v) is 5.12. The number of amides is 3. The summed E-state index contributed by atoms with van der Waals surface area (Å²) < 4.78 is 8.83. The topological polar surface area (TPSA) is 327 Å². The molecule has 22 heteroatoms. The van der Waals surface area contributed by atoms with Crippen LogP contribution >= 0.6 is 0 Å². The Morgan fingerprint density at radius 3 is 1.98 bits per heavy atom. The van der Waals surface area contributed by atoms with Crippen molar-refractivity contribution in [2.45, 2.75) is 31.5 Å². The van der Waals surface area contributed by atoms with E-state index >= 15 is 0 Å². The molecule has 0 saturated carbocycles. The number of hydrogen-bond acceptors (Lipinski definition) is 14. The Labute approximate surface area is 301 Å². The lowest BCUT2D eigenvalue weighted by atomic mass is 9.96. The van der Waals surface area contributed by atoms with Gasteiger partial charge in [-0.25, -0.2) is 9.59 Å². The Morgan fingerprint density at radius 2 is 1.47 bits per heavy atom. The average molecular weight is 743 g/mol. The van der Waals surface area contributed by atoms with Crippen LogP contribution in [0.25, 0.3) is 0 Å². The molecule has 284 valence electrons. The summed E-state index contributed by atoms with van der Waals surface area (Å²) in [5, 5.41) is 28.7. The molecule has 22 nitrogen and oxygen atoms in total. The third-order valence-corrected chi connectivity index (χ3v) is 7.64. The van der Waals surface area contributed by atoms with E-state index in [0.29, 0.717) is 10.1 Å². The predicted octanol–water partition coefficient (Wildman–Crippen LogP) is -0.675. The zero-order chi connectivity index (χ0) is 39.6. The number of aliphatic carboxylic acids is 1. The Kier molecular flexibility index (Phi) is 13.6. The first-order valence-electron chi connectivity index (χ1n) is 15.5. The summed E-state index contributed by atoms with van der Waals surface area (Å²) in [7, 11) is 2.07. The molecule has 3 rings (SSSR count). The van der Waals surface area contributed by atoms with Crippen LogP contribution in [0.1, 0.15) is 34.1 Å². The van der Waals surface area contributed by atoms with Gasteiger partial charge in [0.15, 0.2) is 5.78 Å². The molecule has 2 unspecified atom stereocenters. The number of Topliss-reactive ketones (excluding diaryl/α,β-unsaturated/α-hetero) is 1. The number of nitrogens with zero attached hydrogens (tertiary/aromatic N) is 4. The van der Waals surface area contributed by atoms with Gasteiger partial charge in [-0.15, -0.1) is 10.1 Å². The first kappa shape index (κ1) is 40.5. The largest absolute Gasteiger partial charge is 0.533 e. The summed E-state index contributed by atoms with van der Waals surface area (Å²) in [5.41, 5.74) is 17.0. The second-order valence-corrected chi connectivity index (χ2v) is 11.0. The van der Waals surface area contributed by atoms with Gasteiger partial charge in [0, 0.05) is 24.2 Å². The number of ketones is 1. The third kappa shape index (κ3) is 9.84. The number of hydroxylamine groups is 2. The van der Waals surface area contributed by atoms with E-state index < -0.39 is 78.4 Å². The van der Waals surface area contributed by atoms with Gasteiger partial charge in [-0.05, 0) is 48.9 Å². The first-order chi connectivity index (χ1) is 25.0. The monoisotopic (exact) mass is 742 g/mol. The lowest BCUT2D eigenvalue weighted by Gasteiger charge is -2.44. The maximum absolute atomic E-state index is 13.9. The van der Waals surface area contributed by atoms with E-state index in [1.165, 1.54) is 48.5 Å². The van der Waals surface area contributed by atoms with E-state index in [1.807, 2.05) is 0 Å². The SMILES string of the molecule is CCC(NC(=O)c1cccc(N(OC(=O)OC)C(=N)N)c1)[C@H]1C(=O)N(CC(=O)O)CCN1C(=O)C(N)C(=O)c1ccc(N(OC(=O)OC)C(=N)N)cc1. The molecule has 1 heterocycles. The van der Waals surface area contributed by atoms with Crippen molar-refractivity contribution in [2.75, 3.05) is 44.0 Å². The molecule has 0 aromatic heterocycles. The standard InChI is InChI=1S/C31H38N10O12/c1-4-20(37-25(45)17-6-5-7-19(14-17)41(29(35)36)53-31(49)51-3)23-27(47)38(15-21(42)43)12-13-39(23)26(46)22(32)24(44)16-8-10-18(11-9-16)40(28(33)34)52-30(48)50-2/h5-11,14,20,22-23H,4,12-13,15,32H2,1-3H3,(H3,33,34)(H3,35,36)(H,37,45)(H,42,43)/t20?,22?,23-/m0/s1. The minimum absolute atomic E-state index is 0.0238. The van der Waals surface area contributed by atoms with E-state index in [-0.39, 0.29) is 42.0 Å².